The van der Waals surface area contributed by atoms with Gasteiger partial charge in [0.15, 0.2) is 0 Å². The molecule has 2 aromatic rings. The van der Waals surface area contributed by atoms with Gasteiger partial charge in [-0.15, -0.1) is 0 Å². The van der Waals surface area contributed by atoms with Crippen LogP contribution in [0.5, 0.6) is 5.75 Å². The molecule has 0 amide bonds. The maximum atomic E-state index is 11.7. The number of aromatic nitrogens is 1. The summed E-state index contributed by atoms with van der Waals surface area (Å²) in [5.41, 5.74) is 1.86. The summed E-state index contributed by atoms with van der Waals surface area (Å²) < 4.78 is 30.3. The number of allylic oxidation sites excluding steroid dienone is 1. The standard InChI is InChI=1S/C12H10Cl3NO3S/c1-19-10-4-2-3-9-12(10)11(20(15,17)18)7-16(9)6-8(14)5-13/h2-5,7H,6H2,1H3/b8-5-. The molecule has 108 valence electrons. The Kier molecular flexibility index (Phi) is 4.54. The monoisotopic (exact) mass is 353 g/mol. The Morgan fingerprint density at radius 3 is 2.70 bits per heavy atom. The Morgan fingerprint density at radius 1 is 1.45 bits per heavy atom. The van der Waals surface area contributed by atoms with Crippen molar-refractivity contribution in [2.24, 2.45) is 0 Å². The van der Waals surface area contributed by atoms with Crippen molar-refractivity contribution < 1.29 is 13.2 Å². The molecule has 4 nitrogen and oxygen atoms in total. The summed E-state index contributed by atoms with van der Waals surface area (Å²) in [6, 6.07) is 5.17. The van der Waals surface area contributed by atoms with E-state index >= 15 is 0 Å². The third-order valence-electron chi connectivity index (χ3n) is 2.76. The number of hydrogen-bond acceptors (Lipinski definition) is 3. The minimum atomic E-state index is -3.91. The number of ether oxygens (including phenoxy) is 1. The SMILES string of the molecule is COc1cccc2c1c(S(=O)(=O)Cl)cn2C/C(Cl)=C/Cl. The first-order chi connectivity index (χ1) is 9.38. The Morgan fingerprint density at radius 2 is 2.15 bits per heavy atom. The van der Waals surface area contributed by atoms with E-state index in [1.807, 2.05) is 0 Å². The van der Waals surface area contributed by atoms with Crippen LogP contribution in [0.3, 0.4) is 0 Å². The van der Waals surface area contributed by atoms with Gasteiger partial charge >= 0.3 is 0 Å². The molecule has 0 bridgehead atoms. The van der Waals surface area contributed by atoms with Gasteiger partial charge in [0.05, 0.1) is 24.6 Å². The summed E-state index contributed by atoms with van der Waals surface area (Å²) in [6.45, 7) is 0.237. The van der Waals surface area contributed by atoms with Gasteiger partial charge in [0.25, 0.3) is 9.05 Å². The van der Waals surface area contributed by atoms with Crippen LogP contribution < -0.4 is 4.74 Å². The fourth-order valence-electron chi connectivity index (χ4n) is 1.97. The van der Waals surface area contributed by atoms with Crippen molar-refractivity contribution in [1.29, 1.82) is 0 Å². The summed E-state index contributed by atoms with van der Waals surface area (Å²) >= 11 is 11.4. The van der Waals surface area contributed by atoms with Crippen molar-refractivity contribution in [3.05, 3.63) is 35.0 Å². The lowest BCUT2D eigenvalue weighted by atomic mass is 10.2. The van der Waals surface area contributed by atoms with Crippen LogP contribution in [-0.4, -0.2) is 20.1 Å². The van der Waals surface area contributed by atoms with Crippen LogP contribution in [-0.2, 0) is 15.6 Å². The number of benzene rings is 1. The highest BCUT2D eigenvalue weighted by Gasteiger charge is 2.22. The summed E-state index contributed by atoms with van der Waals surface area (Å²) in [5.74, 6) is 0.423. The second-order valence-corrected chi connectivity index (χ2v) is 7.21. The molecule has 2 rings (SSSR count). The number of methoxy groups -OCH3 is 1. The van der Waals surface area contributed by atoms with E-state index in [2.05, 4.69) is 0 Å². The number of fused-ring (bicyclic) bond motifs is 1. The zero-order valence-electron chi connectivity index (χ0n) is 10.3. The molecule has 1 aromatic heterocycles. The summed E-state index contributed by atoms with van der Waals surface area (Å²) in [5, 5.41) is 0.786. The maximum Gasteiger partial charge on any atom is 0.263 e. The van der Waals surface area contributed by atoms with Crippen LogP contribution in [0.15, 0.2) is 39.9 Å². The quantitative estimate of drug-likeness (QED) is 0.782. The van der Waals surface area contributed by atoms with Crippen LogP contribution in [0.1, 0.15) is 0 Å². The zero-order chi connectivity index (χ0) is 14.9. The third-order valence-corrected chi connectivity index (χ3v) is 4.69. The van der Waals surface area contributed by atoms with Gasteiger partial charge in [-0.3, -0.25) is 0 Å². The molecule has 20 heavy (non-hydrogen) atoms. The lowest BCUT2D eigenvalue weighted by Crippen LogP contribution is -1.95. The van der Waals surface area contributed by atoms with Gasteiger partial charge in [0.2, 0.25) is 0 Å². The molecule has 0 aliphatic heterocycles. The van der Waals surface area contributed by atoms with Gasteiger partial charge in [0.1, 0.15) is 10.6 Å². The minimum Gasteiger partial charge on any atom is -0.496 e. The van der Waals surface area contributed by atoms with E-state index in [9.17, 15) is 8.42 Å². The normalized spacial score (nSPS) is 12.9. The van der Waals surface area contributed by atoms with E-state index in [4.69, 9.17) is 38.6 Å². The molecule has 0 saturated carbocycles. The summed E-state index contributed by atoms with van der Waals surface area (Å²) in [7, 11) is 3.03. The predicted molar refractivity (Wildman–Crippen MR) is 81.3 cm³/mol. The highest BCUT2D eigenvalue weighted by Crippen LogP contribution is 2.35. The highest BCUT2D eigenvalue weighted by atomic mass is 35.7. The molecule has 0 aliphatic rings. The molecular formula is C12H10Cl3NO3S. The van der Waals surface area contributed by atoms with E-state index in [0.29, 0.717) is 21.7 Å². The first-order valence-electron chi connectivity index (χ1n) is 5.43. The van der Waals surface area contributed by atoms with Crippen LogP contribution in [0.4, 0.5) is 0 Å². The van der Waals surface area contributed by atoms with E-state index < -0.39 is 9.05 Å². The van der Waals surface area contributed by atoms with Gasteiger partial charge in [0, 0.05) is 27.4 Å². The second-order valence-electron chi connectivity index (χ2n) is 3.97. The van der Waals surface area contributed by atoms with Crippen LogP contribution in [0, 0.1) is 0 Å². The van der Waals surface area contributed by atoms with Crippen molar-refractivity contribution in [1.82, 2.24) is 4.57 Å². The highest BCUT2D eigenvalue weighted by molar-refractivity contribution is 8.14. The Balaban J connectivity index is 2.80. The van der Waals surface area contributed by atoms with Crippen molar-refractivity contribution in [3.8, 4) is 5.75 Å². The van der Waals surface area contributed by atoms with Crippen LogP contribution in [0.25, 0.3) is 10.9 Å². The summed E-state index contributed by atoms with van der Waals surface area (Å²) in [6.07, 6.45) is 1.41. The zero-order valence-corrected chi connectivity index (χ0v) is 13.4. The molecule has 0 aliphatic carbocycles. The van der Waals surface area contributed by atoms with Crippen molar-refractivity contribution >= 4 is 53.8 Å². The average Bonchev–Trinajstić information content (AvgIpc) is 2.77. The Labute approximate surface area is 130 Å². The summed E-state index contributed by atoms with van der Waals surface area (Å²) in [4.78, 5) is -0.0225. The van der Waals surface area contributed by atoms with Gasteiger partial charge in [-0.1, -0.05) is 29.3 Å². The van der Waals surface area contributed by atoms with Crippen molar-refractivity contribution in [3.63, 3.8) is 0 Å². The maximum absolute atomic E-state index is 11.7. The molecule has 0 spiro atoms. The third kappa shape index (κ3) is 2.91. The first kappa shape index (κ1) is 15.5. The lowest BCUT2D eigenvalue weighted by Gasteiger charge is -2.05. The molecule has 0 radical (unpaired) electrons. The van der Waals surface area contributed by atoms with Gasteiger partial charge in [-0.2, -0.15) is 0 Å². The van der Waals surface area contributed by atoms with Gasteiger partial charge in [-0.05, 0) is 12.1 Å². The largest absolute Gasteiger partial charge is 0.496 e. The van der Waals surface area contributed by atoms with Crippen LogP contribution in [0.2, 0.25) is 0 Å². The van der Waals surface area contributed by atoms with Gasteiger partial charge in [-0.25, -0.2) is 8.42 Å². The van der Waals surface area contributed by atoms with E-state index in [0.717, 1.165) is 0 Å². The topological polar surface area (TPSA) is 48.3 Å². The predicted octanol–water partition coefficient (Wildman–Crippen LogP) is 3.90. The van der Waals surface area contributed by atoms with Crippen LogP contribution >= 0.6 is 33.9 Å². The fraction of sp³-hybridized carbons (Fsp3) is 0.167. The van der Waals surface area contributed by atoms with Gasteiger partial charge < -0.3 is 9.30 Å². The molecule has 8 heteroatoms. The molecule has 1 aromatic carbocycles. The lowest BCUT2D eigenvalue weighted by molar-refractivity contribution is 0.419. The fourth-order valence-corrected chi connectivity index (χ4v) is 3.22. The smallest absolute Gasteiger partial charge is 0.263 e. The number of nitrogens with zero attached hydrogens (tertiary/aromatic N) is 1. The Bertz CT molecular complexity index is 781. The van der Waals surface area contributed by atoms with Crippen molar-refractivity contribution in [2.75, 3.05) is 7.11 Å². The molecule has 0 saturated heterocycles. The molecule has 0 fully saturated rings. The molecule has 1 heterocycles. The number of halogens is 3. The Hall–Kier alpha value is -0.880. The van der Waals surface area contributed by atoms with E-state index in [1.54, 1.807) is 22.8 Å². The van der Waals surface area contributed by atoms with E-state index in [-0.39, 0.29) is 11.4 Å². The number of hydrogen-bond donors (Lipinski definition) is 0. The average molecular weight is 355 g/mol. The number of rotatable bonds is 4. The molecule has 0 atom stereocenters. The molecule has 0 N–H and O–H groups in total. The van der Waals surface area contributed by atoms with Crippen molar-refractivity contribution in [2.45, 2.75) is 11.4 Å². The minimum absolute atomic E-state index is 0.0225. The molecular weight excluding hydrogens is 345 g/mol. The van der Waals surface area contributed by atoms with E-state index in [1.165, 1.54) is 18.8 Å². The second kappa shape index (κ2) is 5.85. The first-order valence-corrected chi connectivity index (χ1v) is 8.56. The molecule has 0 unspecified atom stereocenters.